The highest BCUT2D eigenvalue weighted by atomic mass is 16.3. The first-order valence-corrected chi connectivity index (χ1v) is 2.38. The van der Waals surface area contributed by atoms with E-state index in [9.17, 15) is 4.79 Å². The largest absolute Gasteiger partial charge is 0.342 e. The lowest BCUT2D eigenvalue weighted by atomic mass is 10.4. The van der Waals surface area contributed by atoms with E-state index < -0.39 is 11.9 Å². The second-order valence-electron chi connectivity index (χ2n) is 1.73. The summed E-state index contributed by atoms with van der Waals surface area (Å²) in [6.07, 6.45) is 2.50. The van der Waals surface area contributed by atoms with E-state index in [-0.39, 0.29) is 0 Å². The Balaban J connectivity index is 2.68. The van der Waals surface area contributed by atoms with Gasteiger partial charge in [-0.25, -0.2) is 0 Å². The number of nitrogens with two attached hydrogens (primary N) is 1. The number of hydrogen-bond acceptors (Lipinski definition) is 4. The van der Waals surface area contributed by atoms with Crippen LogP contribution in [0.25, 0.3) is 0 Å². The molecule has 1 unspecified atom stereocenters. The van der Waals surface area contributed by atoms with Gasteiger partial charge in [0, 0.05) is 12.3 Å². The summed E-state index contributed by atoms with van der Waals surface area (Å²) in [5.41, 5.74) is 5.03. The van der Waals surface area contributed by atoms with Crippen LogP contribution < -0.4 is 16.4 Å². The minimum atomic E-state index is -1.79. The van der Waals surface area contributed by atoms with E-state index in [0.29, 0.717) is 0 Å². The first-order valence-electron chi connectivity index (χ1n) is 2.38. The molecule has 0 bridgehead atoms. The summed E-state index contributed by atoms with van der Waals surface area (Å²) in [6, 6.07) is 0. The van der Waals surface area contributed by atoms with Crippen LogP contribution in [-0.4, -0.2) is 17.0 Å². The average molecular weight is 129 g/mol. The lowest BCUT2D eigenvalue weighted by Crippen LogP contribution is -2.65. The molecule has 9 heavy (non-hydrogen) atoms. The highest BCUT2D eigenvalue weighted by molar-refractivity contribution is 5.88. The van der Waals surface area contributed by atoms with Crippen LogP contribution in [-0.2, 0) is 4.79 Å². The van der Waals surface area contributed by atoms with Gasteiger partial charge in [0.1, 0.15) is 0 Å². The van der Waals surface area contributed by atoms with Crippen molar-refractivity contribution in [3.63, 3.8) is 0 Å². The molecule has 5 nitrogen and oxygen atoms in total. The van der Waals surface area contributed by atoms with Gasteiger partial charge in [-0.1, -0.05) is 0 Å². The van der Waals surface area contributed by atoms with Gasteiger partial charge in [0.05, 0.1) is 0 Å². The molecule has 0 aromatic heterocycles. The third kappa shape index (κ3) is 1.41. The molecule has 1 aliphatic heterocycles. The Kier molecular flexibility index (Phi) is 1.15. The number of carbonyl (C=O) groups excluding carboxylic acids is 1. The molecule has 1 amide bonds. The van der Waals surface area contributed by atoms with Crippen LogP contribution in [0.2, 0.25) is 0 Å². The van der Waals surface area contributed by atoms with Gasteiger partial charge in [-0.15, -0.1) is 0 Å². The fourth-order valence-corrected chi connectivity index (χ4v) is 0.510. The predicted molar refractivity (Wildman–Crippen MR) is 29.6 cm³/mol. The summed E-state index contributed by atoms with van der Waals surface area (Å²) in [5.74, 6) is -2.20. The van der Waals surface area contributed by atoms with Gasteiger partial charge in [0.25, 0.3) is 5.97 Å². The Morgan fingerprint density at radius 3 is 2.78 bits per heavy atom. The fraction of sp³-hybridized carbons (Fsp3) is 0.250. The smallest absolute Gasteiger partial charge is 0.276 e. The Morgan fingerprint density at radius 1 is 1.78 bits per heavy atom. The third-order valence-corrected chi connectivity index (χ3v) is 0.852. The molecule has 0 spiro atoms. The van der Waals surface area contributed by atoms with Crippen LogP contribution in [0.1, 0.15) is 0 Å². The summed E-state index contributed by atoms with van der Waals surface area (Å²) in [6.45, 7) is 0. The highest BCUT2D eigenvalue weighted by Crippen LogP contribution is 1.89. The molecule has 0 saturated carbocycles. The Hall–Kier alpha value is -1.07. The van der Waals surface area contributed by atoms with Crippen LogP contribution in [0.15, 0.2) is 12.3 Å². The average Bonchev–Trinajstić information content (AvgIpc) is 1.60. The molecule has 1 atom stereocenters. The standard InChI is InChI=1S/C4H7N3O2/c5-4(9)6-2-1-3(8)7-4/h1-2,6,9H,5H2,(H,7,8). The lowest BCUT2D eigenvalue weighted by molar-refractivity contribution is -0.126. The number of nitrogens with one attached hydrogen (secondary N) is 2. The SMILES string of the molecule is NC1(O)NC=CC(=O)N1. The molecule has 1 aliphatic rings. The maximum Gasteiger partial charge on any atom is 0.276 e. The van der Waals surface area contributed by atoms with E-state index >= 15 is 0 Å². The van der Waals surface area contributed by atoms with Gasteiger partial charge >= 0.3 is 0 Å². The molecule has 0 aromatic carbocycles. The van der Waals surface area contributed by atoms with Gasteiger partial charge in [0.2, 0.25) is 5.91 Å². The zero-order valence-corrected chi connectivity index (χ0v) is 4.59. The number of hydrogen-bond donors (Lipinski definition) is 4. The monoisotopic (exact) mass is 129 g/mol. The topological polar surface area (TPSA) is 87.4 Å². The molecule has 0 aliphatic carbocycles. The first kappa shape index (κ1) is 6.06. The minimum Gasteiger partial charge on any atom is -0.342 e. The van der Waals surface area contributed by atoms with Crippen molar-refractivity contribution in [2.75, 3.05) is 0 Å². The van der Waals surface area contributed by atoms with Gasteiger partial charge in [-0.2, -0.15) is 0 Å². The van der Waals surface area contributed by atoms with Crippen LogP contribution >= 0.6 is 0 Å². The predicted octanol–water partition coefficient (Wildman–Crippen LogP) is -2.22. The van der Waals surface area contributed by atoms with Crippen molar-refractivity contribution in [3.05, 3.63) is 12.3 Å². The lowest BCUT2D eigenvalue weighted by Gasteiger charge is -2.26. The minimum absolute atomic E-state index is 0.418. The van der Waals surface area contributed by atoms with Gasteiger partial charge < -0.3 is 10.4 Å². The van der Waals surface area contributed by atoms with Crippen LogP contribution in [0.5, 0.6) is 0 Å². The van der Waals surface area contributed by atoms with Crippen molar-refractivity contribution >= 4 is 5.91 Å². The van der Waals surface area contributed by atoms with E-state index in [1.54, 1.807) is 0 Å². The van der Waals surface area contributed by atoms with E-state index in [1.807, 2.05) is 0 Å². The van der Waals surface area contributed by atoms with Crippen molar-refractivity contribution in [3.8, 4) is 0 Å². The van der Waals surface area contributed by atoms with Crippen LogP contribution in [0, 0.1) is 0 Å². The molecule has 5 heteroatoms. The molecule has 0 radical (unpaired) electrons. The van der Waals surface area contributed by atoms with Crippen molar-refractivity contribution in [2.45, 2.75) is 5.97 Å². The van der Waals surface area contributed by atoms with Crippen molar-refractivity contribution in [2.24, 2.45) is 5.73 Å². The quantitative estimate of drug-likeness (QED) is 0.279. The zero-order valence-electron chi connectivity index (χ0n) is 4.59. The number of carbonyl (C=O) groups is 1. The van der Waals surface area contributed by atoms with Gasteiger partial charge in [0.15, 0.2) is 0 Å². The summed E-state index contributed by atoms with van der Waals surface area (Å²) < 4.78 is 0. The third-order valence-electron chi connectivity index (χ3n) is 0.852. The van der Waals surface area contributed by atoms with Crippen LogP contribution in [0.3, 0.4) is 0 Å². The molecule has 0 aromatic rings. The number of rotatable bonds is 0. The van der Waals surface area contributed by atoms with Crippen molar-refractivity contribution < 1.29 is 9.90 Å². The summed E-state index contributed by atoms with van der Waals surface area (Å²) in [7, 11) is 0. The summed E-state index contributed by atoms with van der Waals surface area (Å²) >= 11 is 0. The molecule has 1 rings (SSSR count). The fourth-order valence-electron chi connectivity index (χ4n) is 0.510. The molecule has 1 heterocycles. The number of amides is 1. The molecular weight excluding hydrogens is 122 g/mol. The van der Waals surface area contributed by atoms with Gasteiger partial charge in [-0.05, 0) is 0 Å². The van der Waals surface area contributed by atoms with E-state index in [4.69, 9.17) is 10.8 Å². The summed E-state index contributed by atoms with van der Waals surface area (Å²) in [5, 5.41) is 13.2. The van der Waals surface area contributed by atoms with Crippen LogP contribution in [0.4, 0.5) is 0 Å². The molecule has 50 valence electrons. The molecule has 0 saturated heterocycles. The molecule has 0 fully saturated rings. The maximum absolute atomic E-state index is 10.4. The molecule has 5 N–H and O–H groups in total. The highest BCUT2D eigenvalue weighted by Gasteiger charge is 2.22. The Bertz CT molecular complexity index is 163. The van der Waals surface area contributed by atoms with Crippen molar-refractivity contribution in [1.82, 2.24) is 10.6 Å². The molecular formula is C4H7N3O2. The zero-order chi connectivity index (χ0) is 6.91. The normalized spacial score (nSPS) is 33.3. The maximum atomic E-state index is 10.4. The summed E-state index contributed by atoms with van der Waals surface area (Å²) in [4.78, 5) is 10.4. The van der Waals surface area contributed by atoms with Gasteiger partial charge in [-0.3, -0.25) is 15.8 Å². The second-order valence-corrected chi connectivity index (χ2v) is 1.73. The first-order chi connectivity index (χ1) is 4.10. The second kappa shape index (κ2) is 1.71. The number of aliphatic hydroxyl groups is 1. The van der Waals surface area contributed by atoms with E-state index in [1.165, 1.54) is 12.3 Å². The van der Waals surface area contributed by atoms with E-state index in [0.717, 1.165) is 0 Å². The Morgan fingerprint density at radius 2 is 2.44 bits per heavy atom. The Labute approximate surface area is 51.5 Å². The van der Waals surface area contributed by atoms with Crippen molar-refractivity contribution in [1.29, 1.82) is 0 Å². The van der Waals surface area contributed by atoms with E-state index in [2.05, 4.69) is 10.6 Å².